The van der Waals surface area contributed by atoms with Crippen molar-refractivity contribution in [1.82, 2.24) is 10.3 Å². The lowest BCUT2D eigenvalue weighted by Crippen LogP contribution is -2.23. The van der Waals surface area contributed by atoms with Gasteiger partial charge in [-0.25, -0.2) is 4.98 Å². The summed E-state index contributed by atoms with van der Waals surface area (Å²) in [7, 11) is 0. The fourth-order valence-electron chi connectivity index (χ4n) is 3.12. The second kappa shape index (κ2) is 7.23. The van der Waals surface area contributed by atoms with Crippen LogP contribution in [0.4, 0.5) is 0 Å². The molecular formula is C18H22N2O2S. The summed E-state index contributed by atoms with van der Waals surface area (Å²) in [6.07, 6.45) is 4.92. The van der Waals surface area contributed by atoms with Gasteiger partial charge in [-0.2, -0.15) is 0 Å². The predicted molar refractivity (Wildman–Crippen MR) is 91.6 cm³/mol. The van der Waals surface area contributed by atoms with E-state index in [1.165, 1.54) is 37.0 Å². The highest BCUT2D eigenvalue weighted by Crippen LogP contribution is 2.37. The van der Waals surface area contributed by atoms with Gasteiger partial charge in [-0.15, -0.1) is 11.3 Å². The van der Waals surface area contributed by atoms with E-state index in [-0.39, 0.29) is 12.5 Å². The van der Waals surface area contributed by atoms with E-state index >= 15 is 0 Å². The maximum absolute atomic E-state index is 12.5. The van der Waals surface area contributed by atoms with Crippen LogP contribution in [0.25, 0.3) is 0 Å². The Bertz CT molecular complexity index is 690. The van der Waals surface area contributed by atoms with Gasteiger partial charge in [0.25, 0.3) is 5.91 Å². The highest BCUT2D eigenvalue weighted by Gasteiger charge is 2.23. The number of aromatic nitrogens is 1. The first kappa shape index (κ1) is 16.1. The molecule has 1 aliphatic carbocycles. The molecule has 0 spiro atoms. The van der Waals surface area contributed by atoms with Crippen LogP contribution in [0.1, 0.15) is 63.1 Å². The molecule has 1 saturated carbocycles. The number of carbonyl (C=O) groups excluding carboxylic acids is 1. The lowest BCUT2D eigenvalue weighted by atomic mass is 10.1. The van der Waals surface area contributed by atoms with Gasteiger partial charge in [0.2, 0.25) is 0 Å². The molecule has 0 bridgehead atoms. The molecular weight excluding hydrogens is 308 g/mol. The number of amides is 1. The van der Waals surface area contributed by atoms with Gasteiger partial charge in [-0.3, -0.25) is 4.79 Å². The predicted octanol–water partition coefficient (Wildman–Crippen LogP) is 3.53. The Balaban J connectivity index is 1.68. The third-order valence-electron chi connectivity index (χ3n) is 4.45. The normalized spacial score (nSPS) is 15.0. The smallest absolute Gasteiger partial charge is 0.263 e. The van der Waals surface area contributed by atoms with Crippen molar-refractivity contribution in [3.05, 3.63) is 51.0 Å². The van der Waals surface area contributed by atoms with Crippen molar-refractivity contribution in [2.24, 2.45) is 0 Å². The second-order valence-electron chi connectivity index (χ2n) is 6.06. The fraction of sp³-hybridized carbons (Fsp3) is 0.444. The monoisotopic (exact) mass is 330 g/mol. The quantitative estimate of drug-likeness (QED) is 0.881. The number of nitrogens with zero attached hydrogens (tertiary/aromatic N) is 1. The van der Waals surface area contributed by atoms with E-state index in [9.17, 15) is 9.90 Å². The molecule has 0 unspecified atom stereocenters. The highest BCUT2D eigenvalue weighted by atomic mass is 32.1. The SMILES string of the molecule is Cc1nc(C2CCCC2)sc1C(=O)NCc1ccccc1CO. The number of aliphatic hydroxyl groups excluding tert-OH is 1. The molecule has 1 aromatic carbocycles. The summed E-state index contributed by atoms with van der Waals surface area (Å²) in [4.78, 5) is 17.8. The van der Waals surface area contributed by atoms with Crippen LogP contribution in [0.15, 0.2) is 24.3 Å². The van der Waals surface area contributed by atoms with Gasteiger partial charge in [0.1, 0.15) is 4.88 Å². The lowest BCUT2D eigenvalue weighted by Gasteiger charge is -2.08. The highest BCUT2D eigenvalue weighted by molar-refractivity contribution is 7.13. The van der Waals surface area contributed by atoms with Gasteiger partial charge in [0.15, 0.2) is 0 Å². The molecule has 1 heterocycles. The van der Waals surface area contributed by atoms with Gasteiger partial charge in [-0.05, 0) is 30.9 Å². The van der Waals surface area contributed by atoms with Crippen LogP contribution in [0, 0.1) is 6.92 Å². The molecule has 0 saturated heterocycles. The van der Waals surface area contributed by atoms with Crippen molar-refractivity contribution < 1.29 is 9.90 Å². The minimum absolute atomic E-state index is 0.0164. The molecule has 2 aromatic rings. The number of aliphatic hydroxyl groups is 1. The first-order chi connectivity index (χ1) is 11.2. The Morgan fingerprint density at radius 3 is 2.70 bits per heavy atom. The Morgan fingerprint density at radius 1 is 1.30 bits per heavy atom. The van der Waals surface area contributed by atoms with Crippen LogP contribution in [-0.2, 0) is 13.2 Å². The van der Waals surface area contributed by atoms with E-state index in [1.54, 1.807) is 0 Å². The van der Waals surface area contributed by atoms with E-state index in [1.807, 2.05) is 31.2 Å². The zero-order chi connectivity index (χ0) is 16.2. The average molecular weight is 330 g/mol. The van der Waals surface area contributed by atoms with Crippen molar-refractivity contribution in [2.45, 2.75) is 51.7 Å². The van der Waals surface area contributed by atoms with Crippen LogP contribution < -0.4 is 5.32 Å². The van der Waals surface area contributed by atoms with Crippen LogP contribution in [0.5, 0.6) is 0 Å². The number of hydrogen-bond donors (Lipinski definition) is 2. The average Bonchev–Trinajstić information content (AvgIpc) is 3.22. The zero-order valence-corrected chi connectivity index (χ0v) is 14.2. The first-order valence-corrected chi connectivity index (χ1v) is 8.94. The number of benzene rings is 1. The molecule has 2 N–H and O–H groups in total. The molecule has 1 aliphatic rings. The summed E-state index contributed by atoms with van der Waals surface area (Å²) in [5.41, 5.74) is 2.62. The number of nitrogens with one attached hydrogen (secondary N) is 1. The summed E-state index contributed by atoms with van der Waals surface area (Å²) in [6.45, 7) is 2.31. The molecule has 4 nitrogen and oxygen atoms in total. The second-order valence-corrected chi connectivity index (χ2v) is 7.09. The van der Waals surface area contributed by atoms with Crippen molar-refractivity contribution in [2.75, 3.05) is 0 Å². The van der Waals surface area contributed by atoms with Gasteiger partial charge >= 0.3 is 0 Å². The van der Waals surface area contributed by atoms with Gasteiger partial charge in [-0.1, -0.05) is 37.1 Å². The maximum atomic E-state index is 12.5. The minimum Gasteiger partial charge on any atom is -0.392 e. The summed E-state index contributed by atoms with van der Waals surface area (Å²) in [5.74, 6) is 0.465. The Kier molecular flexibility index (Phi) is 5.08. The molecule has 122 valence electrons. The Labute approximate surface area is 140 Å². The molecule has 5 heteroatoms. The molecule has 1 fully saturated rings. The molecule has 23 heavy (non-hydrogen) atoms. The lowest BCUT2D eigenvalue weighted by molar-refractivity contribution is 0.0954. The molecule has 1 aromatic heterocycles. The van der Waals surface area contributed by atoms with Crippen LogP contribution in [-0.4, -0.2) is 16.0 Å². The van der Waals surface area contributed by atoms with E-state index in [0.717, 1.165) is 21.8 Å². The summed E-state index contributed by atoms with van der Waals surface area (Å²) >= 11 is 1.54. The Morgan fingerprint density at radius 2 is 2.00 bits per heavy atom. The van der Waals surface area contributed by atoms with Crippen molar-refractivity contribution in [1.29, 1.82) is 0 Å². The van der Waals surface area contributed by atoms with Gasteiger partial charge in [0, 0.05) is 12.5 Å². The molecule has 0 radical (unpaired) electrons. The van der Waals surface area contributed by atoms with Crippen molar-refractivity contribution in [3.63, 3.8) is 0 Å². The van der Waals surface area contributed by atoms with Gasteiger partial charge < -0.3 is 10.4 Å². The number of thiazole rings is 1. The molecule has 3 rings (SSSR count). The van der Waals surface area contributed by atoms with Gasteiger partial charge in [0.05, 0.1) is 17.3 Å². The molecule has 0 aliphatic heterocycles. The van der Waals surface area contributed by atoms with E-state index in [2.05, 4.69) is 10.3 Å². The van der Waals surface area contributed by atoms with Crippen LogP contribution in [0.3, 0.4) is 0 Å². The minimum atomic E-state index is -0.0722. The maximum Gasteiger partial charge on any atom is 0.263 e. The standard InChI is InChI=1S/C18H22N2O2S/c1-12-16(23-18(20-12)13-6-2-3-7-13)17(22)19-10-14-8-4-5-9-15(14)11-21/h4-5,8-9,13,21H,2-3,6-7,10-11H2,1H3,(H,19,22). The number of aryl methyl sites for hydroxylation is 1. The van der Waals surface area contributed by atoms with E-state index in [4.69, 9.17) is 0 Å². The summed E-state index contributed by atoms with van der Waals surface area (Å²) in [5, 5.41) is 13.4. The fourth-order valence-corrected chi connectivity index (χ4v) is 4.27. The van der Waals surface area contributed by atoms with Crippen molar-refractivity contribution in [3.8, 4) is 0 Å². The molecule has 1 amide bonds. The van der Waals surface area contributed by atoms with Crippen LogP contribution >= 0.6 is 11.3 Å². The number of carbonyl (C=O) groups is 1. The summed E-state index contributed by atoms with van der Waals surface area (Å²) in [6, 6.07) is 7.60. The van der Waals surface area contributed by atoms with E-state index in [0.29, 0.717) is 17.3 Å². The summed E-state index contributed by atoms with van der Waals surface area (Å²) < 4.78 is 0. The first-order valence-electron chi connectivity index (χ1n) is 8.12. The zero-order valence-electron chi connectivity index (χ0n) is 13.3. The van der Waals surface area contributed by atoms with Crippen molar-refractivity contribution >= 4 is 17.2 Å². The topological polar surface area (TPSA) is 62.2 Å². The third-order valence-corrected chi connectivity index (χ3v) is 5.77. The number of hydrogen-bond acceptors (Lipinski definition) is 4. The molecule has 0 atom stereocenters. The largest absolute Gasteiger partial charge is 0.392 e. The Hall–Kier alpha value is -1.72. The van der Waals surface area contributed by atoms with Crippen LogP contribution in [0.2, 0.25) is 0 Å². The van der Waals surface area contributed by atoms with E-state index < -0.39 is 0 Å². The third kappa shape index (κ3) is 3.62. The number of rotatable bonds is 5.